The van der Waals surface area contributed by atoms with Gasteiger partial charge in [-0.2, -0.15) is 0 Å². The highest BCUT2D eigenvalue weighted by Crippen LogP contribution is 2.20. The van der Waals surface area contributed by atoms with Crippen molar-refractivity contribution in [3.63, 3.8) is 0 Å². The lowest BCUT2D eigenvalue weighted by Gasteiger charge is -2.29. The SMILES string of the molecule is CC1CCC(C(=O)N(C)CC(=O)N2CCNCC2)O1. The van der Waals surface area contributed by atoms with E-state index in [1.54, 1.807) is 11.9 Å². The normalized spacial score (nSPS) is 27.4. The van der Waals surface area contributed by atoms with Crippen LogP contribution >= 0.6 is 0 Å². The lowest BCUT2D eigenvalue weighted by Crippen LogP contribution is -2.50. The minimum atomic E-state index is -0.365. The Hall–Kier alpha value is -1.14. The van der Waals surface area contributed by atoms with E-state index in [2.05, 4.69) is 5.32 Å². The van der Waals surface area contributed by atoms with E-state index < -0.39 is 0 Å². The predicted molar refractivity (Wildman–Crippen MR) is 70.7 cm³/mol. The van der Waals surface area contributed by atoms with Crippen LogP contribution in [-0.4, -0.2) is 73.6 Å². The third kappa shape index (κ3) is 3.67. The highest BCUT2D eigenvalue weighted by Gasteiger charge is 2.31. The number of nitrogens with one attached hydrogen (secondary N) is 1. The lowest BCUT2D eigenvalue weighted by molar-refractivity contribution is -0.146. The van der Waals surface area contributed by atoms with Crippen LogP contribution in [0, 0.1) is 0 Å². The Morgan fingerprint density at radius 2 is 2.00 bits per heavy atom. The Bertz CT molecular complexity index is 342. The number of carbonyl (C=O) groups is 2. The van der Waals surface area contributed by atoms with Gasteiger partial charge in [0.25, 0.3) is 5.91 Å². The van der Waals surface area contributed by atoms with Gasteiger partial charge >= 0.3 is 0 Å². The summed E-state index contributed by atoms with van der Waals surface area (Å²) in [5.74, 6) is -0.0590. The molecule has 0 bridgehead atoms. The van der Waals surface area contributed by atoms with Gasteiger partial charge in [0.15, 0.2) is 0 Å². The van der Waals surface area contributed by atoms with E-state index in [0.717, 1.165) is 39.0 Å². The van der Waals surface area contributed by atoms with Crippen LogP contribution in [0.15, 0.2) is 0 Å². The maximum atomic E-state index is 12.1. The average molecular weight is 269 g/mol. The smallest absolute Gasteiger partial charge is 0.251 e. The summed E-state index contributed by atoms with van der Waals surface area (Å²) >= 11 is 0. The molecule has 0 aromatic heterocycles. The molecule has 0 aliphatic carbocycles. The molecule has 6 nitrogen and oxygen atoms in total. The van der Waals surface area contributed by atoms with Crippen LogP contribution in [0.1, 0.15) is 19.8 Å². The van der Waals surface area contributed by atoms with Crippen molar-refractivity contribution in [3.05, 3.63) is 0 Å². The van der Waals surface area contributed by atoms with Gasteiger partial charge in [-0.05, 0) is 19.8 Å². The van der Waals surface area contributed by atoms with Gasteiger partial charge in [-0.25, -0.2) is 0 Å². The molecule has 2 atom stereocenters. The molecule has 2 aliphatic heterocycles. The van der Waals surface area contributed by atoms with Crippen LogP contribution in [-0.2, 0) is 14.3 Å². The van der Waals surface area contributed by atoms with E-state index in [9.17, 15) is 9.59 Å². The highest BCUT2D eigenvalue weighted by atomic mass is 16.5. The molecule has 2 rings (SSSR count). The van der Waals surface area contributed by atoms with Gasteiger partial charge in [0.05, 0.1) is 12.6 Å². The van der Waals surface area contributed by atoms with Crippen molar-refractivity contribution >= 4 is 11.8 Å². The molecule has 19 heavy (non-hydrogen) atoms. The number of amides is 2. The zero-order valence-corrected chi connectivity index (χ0v) is 11.7. The highest BCUT2D eigenvalue weighted by molar-refractivity contribution is 5.87. The van der Waals surface area contributed by atoms with Gasteiger partial charge in [-0.3, -0.25) is 9.59 Å². The van der Waals surface area contributed by atoms with Gasteiger partial charge in [0, 0.05) is 33.2 Å². The summed E-state index contributed by atoms with van der Waals surface area (Å²) in [6, 6.07) is 0. The Kier molecular flexibility index (Phi) is 4.76. The van der Waals surface area contributed by atoms with E-state index in [4.69, 9.17) is 4.74 Å². The van der Waals surface area contributed by atoms with E-state index >= 15 is 0 Å². The number of carbonyl (C=O) groups excluding carboxylic acids is 2. The number of nitrogens with zero attached hydrogens (tertiary/aromatic N) is 2. The first-order valence-corrected chi connectivity index (χ1v) is 6.97. The largest absolute Gasteiger partial charge is 0.365 e. The molecule has 0 saturated carbocycles. The molecule has 0 radical (unpaired) electrons. The minimum absolute atomic E-state index is 0.0170. The van der Waals surface area contributed by atoms with E-state index in [0.29, 0.717) is 0 Å². The van der Waals surface area contributed by atoms with Gasteiger partial charge in [0.2, 0.25) is 5.91 Å². The fourth-order valence-electron chi connectivity index (χ4n) is 2.53. The Morgan fingerprint density at radius 3 is 2.58 bits per heavy atom. The number of piperazine rings is 1. The first kappa shape index (κ1) is 14.3. The number of hydrogen-bond donors (Lipinski definition) is 1. The zero-order valence-electron chi connectivity index (χ0n) is 11.7. The van der Waals surface area contributed by atoms with Crippen LogP contribution < -0.4 is 5.32 Å². The zero-order chi connectivity index (χ0) is 13.8. The van der Waals surface area contributed by atoms with E-state index in [1.807, 2.05) is 6.92 Å². The van der Waals surface area contributed by atoms with Crippen molar-refractivity contribution < 1.29 is 14.3 Å². The number of ether oxygens (including phenoxy) is 1. The molecule has 0 aromatic carbocycles. The molecule has 2 aliphatic rings. The second-order valence-electron chi connectivity index (χ2n) is 5.34. The van der Waals surface area contributed by atoms with Crippen molar-refractivity contribution in [2.45, 2.75) is 32.0 Å². The summed E-state index contributed by atoms with van der Waals surface area (Å²) in [6.45, 7) is 5.21. The molecular formula is C13H23N3O3. The quantitative estimate of drug-likeness (QED) is 0.746. The number of hydrogen-bond acceptors (Lipinski definition) is 4. The number of rotatable bonds is 3. The van der Waals surface area contributed by atoms with Crippen molar-refractivity contribution in [2.75, 3.05) is 39.8 Å². The first-order chi connectivity index (χ1) is 9.08. The first-order valence-electron chi connectivity index (χ1n) is 6.97. The maximum absolute atomic E-state index is 12.1. The molecule has 1 N–H and O–H groups in total. The molecule has 6 heteroatoms. The van der Waals surface area contributed by atoms with Crippen LogP contribution in [0.2, 0.25) is 0 Å². The van der Waals surface area contributed by atoms with E-state index in [1.165, 1.54) is 4.90 Å². The van der Waals surface area contributed by atoms with Crippen LogP contribution in [0.5, 0.6) is 0 Å². The average Bonchev–Trinajstić information content (AvgIpc) is 2.85. The molecule has 2 heterocycles. The lowest BCUT2D eigenvalue weighted by atomic mass is 10.2. The Balaban J connectivity index is 1.80. The minimum Gasteiger partial charge on any atom is -0.365 e. The molecule has 108 valence electrons. The molecule has 2 fully saturated rings. The summed E-state index contributed by atoms with van der Waals surface area (Å²) in [6.07, 6.45) is 1.45. The van der Waals surface area contributed by atoms with Crippen LogP contribution in [0.25, 0.3) is 0 Å². The summed E-state index contributed by atoms with van der Waals surface area (Å²) in [5.41, 5.74) is 0. The van der Waals surface area contributed by atoms with Gasteiger partial charge in [-0.15, -0.1) is 0 Å². The summed E-state index contributed by atoms with van der Waals surface area (Å²) in [7, 11) is 1.68. The molecule has 2 saturated heterocycles. The molecule has 0 spiro atoms. The van der Waals surface area contributed by atoms with Crippen LogP contribution in [0.3, 0.4) is 0 Å². The van der Waals surface area contributed by atoms with Gasteiger partial charge < -0.3 is 19.9 Å². The maximum Gasteiger partial charge on any atom is 0.251 e. The Morgan fingerprint density at radius 1 is 1.32 bits per heavy atom. The molecular weight excluding hydrogens is 246 g/mol. The van der Waals surface area contributed by atoms with Gasteiger partial charge in [0.1, 0.15) is 6.10 Å². The fourth-order valence-corrected chi connectivity index (χ4v) is 2.53. The van der Waals surface area contributed by atoms with E-state index in [-0.39, 0.29) is 30.6 Å². The monoisotopic (exact) mass is 269 g/mol. The van der Waals surface area contributed by atoms with Crippen molar-refractivity contribution in [1.82, 2.24) is 15.1 Å². The summed E-state index contributed by atoms with van der Waals surface area (Å²) in [5, 5.41) is 3.20. The fraction of sp³-hybridized carbons (Fsp3) is 0.846. The standard InChI is InChI=1S/C13H23N3O3/c1-10-3-4-11(19-10)13(18)15(2)9-12(17)16-7-5-14-6-8-16/h10-11,14H,3-9H2,1-2H3. The molecule has 0 aromatic rings. The third-order valence-electron chi connectivity index (χ3n) is 3.73. The van der Waals surface area contributed by atoms with Gasteiger partial charge in [-0.1, -0.05) is 0 Å². The summed E-state index contributed by atoms with van der Waals surface area (Å²) in [4.78, 5) is 27.5. The topological polar surface area (TPSA) is 61.9 Å². The second-order valence-corrected chi connectivity index (χ2v) is 5.34. The predicted octanol–water partition coefficient (Wildman–Crippen LogP) is -0.556. The second kappa shape index (κ2) is 6.34. The molecule has 2 unspecified atom stereocenters. The van der Waals surface area contributed by atoms with Crippen molar-refractivity contribution in [3.8, 4) is 0 Å². The Labute approximate surface area is 114 Å². The third-order valence-corrected chi connectivity index (χ3v) is 3.73. The van der Waals surface area contributed by atoms with Crippen LogP contribution in [0.4, 0.5) is 0 Å². The van der Waals surface area contributed by atoms with Crippen molar-refractivity contribution in [2.24, 2.45) is 0 Å². The molecule has 2 amide bonds. The summed E-state index contributed by atoms with van der Waals surface area (Å²) < 4.78 is 5.55. The van der Waals surface area contributed by atoms with Crippen molar-refractivity contribution in [1.29, 1.82) is 0 Å². The number of likely N-dealkylation sites (N-methyl/N-ethyl adjacent to an activating group) is 1.